The quantitative estimate of drug-likeness (QED) is 0.413. The summed E-state index contributed by atoms with van der Waals surface area (Å²) in [5, 5.41) is 9.56. The van der Waals surface area contributed by atoms with E-state index in [1.807, 2.05) is 0 Å². The van der Waals surface area contributed by atoms with Crippen LogP contribution in [0, 0.1) is 5.41 Å². The van der Waals surface area contributed by atoms with E-state index in [1.165, 1.54) is 0 Å². The Labute approximate surface area is 94.4 Å². The molecule has 1 unspecified atom stereocenters. The van der Waals surface area contributed by atoms with Crippen molar-refractivity contribution in [3.8, 4) is 0 Å². The second-order valence-electron chi connectivity index (χ2n) is 3.79. The fourth-order valence-electron chi connectivity index (χ4n) is 0.705. The summed E-state index contributed by atoms with van der Waals surface area (Å²) in [7, 11) is 0. The Kier molecular flexibility index (Phi) is 5.46. The lowest BCUT2D eigenvalue weighted by Crippen LogP contribution is -2.37. The van der Waals surface area contributed by atoms with Crippen molar-refractivity contribution in [3.63, 3.8) is 0 Å². The molecule has 1 N–H and O–H groups in total. The van der Waals surface area contributed by atoms with Gasteiger partial charge in [0, 0.05) is 12.2 Å². The highest BCUT2D eigenvalue weighted by atomic mass is 16.6. The first-order chi connectivity index (χ1) is 7.33. The van der Waals surface area contributed by atoms with Crippen molar-refractivity contribution in [1.29, 1.82) is 0 Å². The highest BCUT2D eigenvalue weighted by Crippen LogP contribution is 2.22. The van der Waals surface area contributed by atoms with Crippen LogP contribution in [-0.2, 0) is 19.1 Å². The van der Waals surface area contributed by atoms with Crippen molar-refractivity contribution >= 4 is 11.9 Å². The first-order valence-corrected chi connectivity index (χ1v) is 4.64. The maximum atomic E-state index is 10.8. The Bertz CT molecular complexity index is 293. The maximum absolute atomic E-state index is 10.8. The van der Waals surface area contributed by atoms with Crippen LogP contribution in [-0.4, -0.2) is 29.9 Å². The van der Waals surface area contributed by atoms with Crippen molar-refractivity contribution in [2.45, 2.75) is 20.1 Å². The van der Waals surface area contributed by atoms with Crippen LogP contribution in [0.2, 0.25) is 0 Å². The van der Waals surface area contributed by atoms with Crippen LogP contribution in [0.4, 0.5) is 0 Å². The second-order valence-corrected chi connectivity index (χ2v) is 3.79. The Morgan fingerprint density at radius 1 is 1.31 bits per heavy atom. The topological polar surface area (TPSA) is 72.8 Å². The predicted molar refractivity (Wildman–Crippen MR) is 57.2 cm³/mol. The van der Waals surface area contributed by atoms with E-state index in [0.29, 0.717) is 0 Å². The van der Waals surface area contributed by atoms with Gasteiger partial charge >= 0.3 is 11.9 Å². The van der Waals surface area contributed by atoms with Gasteiger partial charge in [0.2, 0.25) is 6.29 Å². The number of carbonyl (C=O) groups excluding carboxylic acids is 2. The third kappa shape index (κ3) is 4.75. The molecule has 0 aromatic rings. The van der Waals surface area contributed by atoms with Crippen LogP contribution in [0.3, 0.4) is 0 Å². The summed E-state index contributed by atoms with van der Waals surface area (Å²) in [6.07, 6.45) is 0.573. The van der Waals surface area contributed by atoms with E-state index in [4.69, 9.17) is 4.74 Å². The zero-order valence-electron chi connectivity index (χ0n) is 9.43. The van der Waals surface area contributed by atoms with E-state index in [9.17, 15) is 14.7 Å². The fourth-order valence-corrected chi connectivity index (χ4v) is 0.705. The molecule has 0 amide bonds. The average molecular weight is 228 g/mol. The zero-order valence-corrected chi connectivity index (χ0v) is 9.43. The second kappa shape index (κ2) is 6.07. The number of carbonyl (C=O) groups is 2. The third-order valence-corrected chi connectivity index (χ3v) is 1.82. The summed E-state index contributed by atoms with van der Waals surface area (Å²) in [6.45, 7) is 9.51. The van der Waals surface area contributed by atoms with Gasteiger partial charge in [-0.05, 0) is 0 Å². The molecule has 90 valence electrons. The number of rotatable bonds is 6. The van der Waals surface area contributed by atoms with Crippen LogP contribution >= 0.6 is 0 Å². The van der Waals surface area contributed by atoms with E-state index in [0.717, 1.165) is 12.2 Å². The molecule has 0 aromatic carbocycles. The number of ether oxygens (including phenoxy) is 2. The molecule has 0 saturated heterocycles. The van der Waals surface area contributed by atoms with E-state index in [1.54, 1.807) is 13.8 Å². The van der Waals surface area contributed by atoms with Crippen LogP contribution in [0.1, 0.15) is 13.8 Å². The van der Waals surface area contributed by atoms with Crippen molar-refractivity contribution in [1.82, 2.24) is 0 Å². The Hall–Kier alpha value is -1.62. The number of hydrogen-bond donors (Lipinski definition) is 1. The molecule has 0 heterocycles. The maximum Gasteiger partial charge on any atom is 0.332 e. The molecular weight excluding hydrogens is 212 g/mol. The van der Waals surface area contributed by atoms with Crippen LogP contribution < -0.4 is 0 Å². The third-order valence-electron chi connectivity index (χ3n) is 1.82. The summed E-state index contributed by atoms with van der Waals surface area (Å²) in [6, 6.07) is 0. The molecule has 5 nitrogen and oxygen atoms in total. The van der Waals surface area contributed by atoms with Crippen LogP contribution in [0.5, 0.6) is 0 Å². The van der Waals surface area contributed by atoms with E-state index in [2.05, 4.69) is 17.9 Å². The number of esters is 2. The normalized spacial score (nSPS) is 12.4. The monoisotopic (exact) mass is 228 g/mol. The van der Waals surface area contributed by atoms with Gasteiger partial charge in [-0.2, -0.15) is 0 Å². The van der Waals surface area contributed by atoms with Crippen molar-refractivity contribution in [2.24, 2.45) is 5.41 Å². The number of aliphatic hydroxyl groups is 1. The Balaban J connectivity index is 4.29. The van der Waals surface area contributed by atoms with Gasteiger partial charge in [0.15, 0.2) is 0 Å². The molecule has 0 aromatic heterocycles. The smallest absolute Gasteiger partial charge is 0.332 e. The lowest BCUT2D eigenvalue weighted by Gasteiger charge is -2.28. The van der Waals surface area contributed by atoms with E-state index in [-0.39, 0.29) is 6.61 Å². The van der Waals surface area contributed by atoms with E-state index >= 15 is 0 Å². The molecule has 0 aliphatic rings. The van der Waals surface area contributed by atoms with Gasteiger partial charge in [0.25, 0.3) is 0 Å². The van der Waals surface area contributed by atoms with Gasteiger partial charge in [-0.3, -0.25) is 0 Å². The highest BCUT2D eigenvalue weighted by Gasteiger charge is 2.32. The minimum absolute atomic E-state index is 0.0938. The summed E-state index contributed by atoms with van der Waals surface area (Å²) >= 11 is 0. The molecule has 0 saturated carbocycles. The molecular formula is C11H16O5. The molecule has 0 bridgehead atoms. The van der Waals surface area contributed by atoms with Crippen molar-refractivity contribution in [3.05, 3.63) is 25.3 Å². The Morgan fingerprint density at radius 2 is 1.81 bits per heavy atom. The molecule has 0 aliphatic heterocycles. The predicted octanol–water partition coefficient (Wildman–Crippen LogP) is 0.789. The summed E-state index contributed by atoms with van der Waals surface area (Å²) in [5.41, 5.74) is -0.905. The van der Waals surface area contributed by atoms with Gasteiger partial charge in [0.1, 0.15) is 6.61 Å². The van der Waals surface area contributed by atoms with Crippen LogP contribution in [0.25, 0.3) is 0 Å². The first kappa shape index (κ1) is 14.4. The van der Waals surface area contributed by atoms with Crippen molar-refractivity contribution < 1.29 is 24.2 Å². The minimum atomic E-state index is -1.38. The average Bonchev–Trinajstić information content (AvgIpc) is 2.25. The standard InChI is InChI=1S/C11H16O5/c1-5-8(12)15-7-11(3,4)10(14)16-9(13)6-2/h5-6,10,14H,1-2,7H2,3-4H3. The molecule has 0 rings (SSSR count). The van der Waals surface area contributed by atoms with Gasteiger partial charge in [-0.15, -0.1) is 0 Å². The first-order valence-electron chi connectivity index (χ1n) is 4.64. The molecule has 5 heteroatoms. The lowest BCUT2D eigenvalue weighted by atomic mass is 9.94. The van der Waals surface area contributed by atoms with Gasteiger partial charge in [0.05, 0.1) is 5.41 Å². The van der Waals surface area contributed by atoms with E-state index < -0.39 is 23.6 Å². The van der Waals surface area contributed by atoms with Gasteiger partial charge in [-0.1, -0.05) is 27.0 Å². The zero-order chi connectivity index (χ0) is 12.8. The lowest BCUT2D eigenvalue weighted by molar-refractivity contribution is -0.191. The van der Waals surface area contributed by atoms with Gasteiger partial charge < -0.3 is 14.6 Å². The molecule has 0 radical (unpaired) electrons. The number of aliphatic hydroxyl groups excluding tert-OH is 1. The summed E-state index contributed by atoms with van der Waals surface area (Å²) in [4.78, 5) is 21.7. The molecule has 16 heavy (non-hydrogen) atoms. The molecule has 0 spiro atoms. The largest absolute Gasteiger partial charge is 0.462 e. The summed E-state index contributed by atoms with van der Waals surface area (Å²) in [5.74, 6) is -1.34. The SMILES string of the molecule is C=CC(=O)OCC(C)(C)C(O)OC(=O)C=C. The van der Waals surface area contributed by atoms with Gasteiger partial charge in [-0.25, -0.2) is 9.59 Å². The van der Waals surface area contributed by atoms with Crippen molar-refractivity contribution in [2.75, 3.05) is 6.61 Å². The molecule has 0 fully saturated rings. The molecule has 1 atom stereocenters. The number of hydrogen-bond acceptors (Lipinski definition) is 5. The highest BCUT2D eigenvalue weighted by molar-refractivity contribution is 5.81. The molecule has 0 aliphatic carbocycles. The fraction of sp³-hybridized carbons (Fsp3) is 0.455. The minimum Gasteiger partial charge on any atom is -0.462 e. The van der Waals surface area contributed by atoms with Crippen LogP contribution in [0.15, 0.2) is 25.3 Å². The summed E-state index contributed by atoms with van der Waals surface area (Å²) < 4.78 is 9.37. The Morgan fingerprint density at radius 3 is 2.25 bits per heavy atom.